The maximum absolute atomic E-state index is 14.0. The van der Waals surface area contributed by atoms with Crippen molar-refractivity contribution >= 4 is 11.4 Å². The van der Waals surface area contributed by atoms with Gasteiger partial charge in [-0.3, -0.25) is 10.1 Å². The third-order valence-electron chi connectivity index (χ3n) is 3.45. The van der Waals surface area contributed by atoms with E-state index in [0.29, 0.717) is 5.56 Å². The zero-order valence-electron chi connectivity index (χ0n) is 12.0. The first-order valence-corrected chi connectivity index (χ1v) is 6.74. The molecule has 21 heavy (non-hydrogen) atoms. The van der Waals surface area contributed by atoms with Crippen LogP contribution in [0, 0.1) is 15.9 Å². The number of aryl methyl sites for hydroxylation is 1. The van der Waals surface area contributed by atoms with Crippen LogP contribution < -0.4 is 4.90 Å². The van der Waals surface area contributed by atoms with Gasteiger partial charge in [-0.1, -0.05) is 31.2 Å². The molecular formula is C16H17FN2O2. The van der Waals surface area contributed by atoms with Gasteiger partial charge in [-0.2, -0.15) is 4.39 Å². The lowest BCUT2D eigenvalue weighted by molar-refractivity contribution is -0.387. The quantitative estimate of drug-likeness (QED) is 0.618. The third kappa shape index (κ3) is 3.37. The van der Waals surface area contributed by atoms with Crippen LogP contribution in [0.3, 0.4) is 0 Å². The number of hydrogen-bond acceptors (Lipinski definition) is 3. The van der Waals surface area contributed by atoms with Crippen LogP contribution in [-0.2, 0) is 13.0 Å². The summed E-state index contributed by atoms with van der Waals surface area (Å²) in [4.78, 5) is 11.9. The van der Waals surface area contributed by atoms with Crippen molar-refractivity contribution in [3.05, 3.63) is 69.5 Å². The zero-order chi connectivity index (χ0) is 15.4. The maximum Gasteiger partial charge on any atom is 0.305 e. The van der Waals surface area contributed by atoms with Crippen LogP contribution in [0.25, 0.3) is 0 Å². The topological polar surface area (TPSA) is 46.4 Å². The molecular weight excluding hydrogens is 271 g/mol. The van der Waals surface area contributed by atoms with E-state index in [1.807, 2.05) is 36.2 Å². The van der Waals surface area contributed by atoms with Gasteiger partial charge in [-0.05, 0) is 24.1 Å². The van der Waals surface area contributed by atoms with Crippen LogP contribution >= 0.6 is 0 Å². The summed E-state index contributed by atoms with van der Waals surface area (Å²) in [7, 11) is 1.83. The Hall–Kier alpha value is -2.43. The third-order valence-corrected chi connectivity index (χ3v) is 3.45. The standard InChI is InChI=1S/C16H17FN2O2/c1-3-12-7-9-14(10-8-12)18(2)11-13-5-4-6-15(16(13)17)19(20)21/h4-10H,3,11H2,1-2H3. The number of nitro benzene ring substituents is 1. The lowest BCUT2D eigenvalue weighted by Crippen LogP contribution is -2.17. The first-order chi connectivity index (χ1) is 10.0. The summed E-state index contributed by atoms with van der Waals surface area (Å²) in [6.45, 7) is 2.36. The average molecular weight is 288 g/mol. The first-order valence-electron chi connectivity index (χ1n) is 6.74. The van der Waals surface area contributed by atoms with Gasteiger partial charge in [0.05, 0.1) is 4.92 Å². The second-order valence-corrected chi connectivity index (χ2v) is 4.88. The molecule has 0 saturated heterocycles. The summed E-state index contributed by atoms with van der Waals surface area (Å²) < 4.78 is 14.0. The lowest BCUT2D eigenvalue weighted by atomic mass is 10.1. The van der Waals surface area contributed by atoms with E-state index in [0.717, 1.165) is 12.1 Å². The van der Waals surface area contributed by atoms with Gasteiger partial charge in [0, 0.05) is 30.9 Å². The summed E-state index contributed by atoms with van der Waals surface area (Å²) in [5.74, 6) is -0.764. The van der Waals surface area contributed by atoms with E-state index in [2.05, 4.69) is 6.92 Å². The van der Waals surface area contributed by atoms with Gasteiger partial charge >= 0.3 is 5.69 Å². The highest BCUT2D eigenvalue weighted by Gasteiger charge is 2.18. The molecule has 0 spiro atoms. The Morgan fingerprint density at radius 3 is 2.43 bits per heavy atom. The largest absolute Gasteiger partial charge is 0.370 e. The number of benzene rings is 2. The Balaban J connectivity index is 2.20. The van der Waals surface area contributed by atoms with E-state index in [9.17, 15) is 14.5 Å². The highest BCUT2D eigenvalue weighted by molar-refractivity contribution is 5.48. The van der Waals surface area contributed by atoms with Gasteiger partial charge in [-0.15, -0.1) is 0 Å². The number of halogens is 1. The molecule has 4 nitrogen and oxygen atoms in total. The molecule has 0 bridgehead atoms. The van der Waals surface area contributed by atoms with E-state index in [4.69, 9.17) is 0 Å². The summed E-state index contributed by atoms with van der Waals surface area (Å²) in [5.41, 5.74) is 2.00. The Kier molecular flexibility index (Phi) is 4.52. The normalized spacial score (nSPS) is 10.4. The average Bonchev–Trinajstić information content (AvgIpc) is 2.49. The Labute approximate surface area is 123 Å². The molecule has 5 heteroatoms. The smallest absolute Gasteiger partial charge is 0.305 e. The fourth-order valence-electron chi connectivity index (χ4n) is 2.16. The molecule has 0 aliphatic rings. The minimum Gasteiger partial charge on any atom is -0.370 e. The zero-order valence-corrected chi connectivity index (χ0v) is 12.0. The minimum atomic E-state index is -0.764. The van der Waals surface area contributed by atoms with Crippen molar-refractivity contribution in [3.63, 3.8) is 0 Å². The monoisotopic (exact) mass is 288 g/mol. The Morgan fingerprint density at radius 2 is 1.86 bits per heavy atom. The van der Waals surface area contributed by atoms with Crippen molar-refractivity contribution in [1.82, 2.24) is 0 Å². The highest BCUT2D eigenvalue weighted by atomic mass is 19.1. The molecule has 0 unspecified atom stereocenters. The van der Waals surface area contributed by atoms with Crippen LogP contribution in [0.1, 0.15) is 18.1 Å². The molecule has 0 atom stereocenters. The molecule has 0 heterocycles. The van der Waals surface area contributed by atoms with Gasteiger partial charge in [0.15, 0.2) is 0 Å². The van der Waals surface area contributed by atoms with Crippen molar-refractivity contribution in [2.75, 3.05) is 11.9 Å². The molecule has 2 aromatic rings. The minimum absolute atomic E-state index is 0.277. The molecule has 0 radical (unpaired) electrons. The number of hydrogen-bond donors (Lipinski definition) is 0. The van der Waals surface area contributed by atoms with Gasteiger partial charge in [0.1, 0.15) is 0 Å². The van der Waals surface area contributed by atoms with E-state index < -0.39 is 16.4 Å². The second-order valence-electron chi connectivity index (χ2n) is 4.88. The molecule has 2 aromatic carbocycles. The molecule has 110 valence electrons. The predicted molar refractivity (Wildman–Crippen MR) is 81.0 cm³/mol. The van der Waals surface area contributed by atoms with Crippen molar-refractivity contribution < 1.29 is 9.31 Å². The summed E-state index contributed by atoms with van der Waals surface area (Å²) in [6.07, 6.45) is 0.962. The fraction of sp³-hybridized carbons (Fsp3) is 0.250. The van der Waals surface area contributed by atoms with Crippen LogP contribution in [0.2, 0.25) is 0 Å². The van der Waals surface area contributed by atoms with E-state index in [-0.39, 0.29) is 6.54 Å². The van der Waals surface area contributed by atoms with E-state index in [1.165, 1.54) is 17.7 Å². The van der Waals surface area contributed by atoms with Crippen LogP contribution in [0.4, 0.5) is 15.8 Å². The SMILES string of the molecule is CCc1ccc(N(C)Cc2cccc([N+](=O)[O-])c2F)cc1. The van der Waals surface area contributed by atoms with Crippen molar-refractivity contribution in [2.45, 2.75) is 19.9 Å². The van der Waals surface area contributed by atoms with Gasteiger partial charge in [-0.25, -0.2) is 0 Å². The molecule has 0 N–H and O–H groups in total. The van der Waals surface area contributed by atoms with Crippen LogP contribution in [0.15, 0.2) is 42.5 Å². The second kappa shape index (κ2) is 6.35. The molecule has 0 aromatic heterocycles. The molecule has 0 amide bonds. The Bertz CT molecular complexity index is 641. The van der Waals surface area contributed by atoms with E-state index >= 15 is 0 Å². The summed E-state index contributed by atoms with van der Waals surface area (Å²) in [6, 6.07) is 12.2. The first kappa shape index (κ1) is 15.0. The van der Waals surface area contributed by atoms with E-state index in [1.54, 1.807) is 6.07 Å². The number of anilines is 1. The number of rotatable bonds is 5. The van der Waals surface area contributed by atoms with Gasteiger partial charge in [0.25, 0.3) is 0 Å². The maximum atomic E-state index is 14.0. The van der Waals surface area contributed by atoms with Gasteiger partial charge in [0.2, 0.25) is 5.82 Å². The Morgan fingerprint density at radius 1 is 1.19 bits per heavy atom. The molecule has 0 aliphatic heterocycles. The molecule has 0 aliphatic carbocycles. The van der Waals surface area contributed by atoms with Crippen molar-refractivity contribution in [1.29, 1.82) is 0 Å². The predicted octanol–water partition coefficient (Wildman–Crippen LogP) is 3.93. The number of nitro groups is 1. The molecule has 0 fully saturated rings. The highest BCUT2D eigenvalue weighted by Crippen LogP contribution is 2.23. The van der Waals surface area contributed by atoms with Gasteiger partial charge < -0.3 is 4.90 Å². The molecule has 0 saturated carbocycles. The molecule has 2 rings (SSSR count). The van der Waals surface area contributed by atoms with Crippen LogP contribution in [0.5, 0.6) is 0 Å². The lowest BCUT2D eigenvalue weighted by Gasteiger charge is -2.20. The number of nitrogens with zero attached hydrogens (tertiary/aromatic N) is 2. The summed E-state index contributed by atoms with van der Waals surface area (Å²) >= 11 is 0. The summed E-state index contributed by atoms with van der Waals surface area (Å²) in [5, 5.41) is 10.8. The van der Waals surface area contributed by atoms with Crippen molar-refractivity contribution in [2.24, 2.45) is 0 Å². The van der Waals surface area contributed by atoms with Crippen molar-refractivity contribution in [3.8, 4) is 0 Å². The van der Waals surface area contributed by atoms with Crippen LogP contribution in [-0.4, -0.2) is 12.0 Å². The fourth-order valence-corrected chi connectivity index (χ4v) is 2.16.